The van der Waals surface area contributed by atoms with Crippen molar-refractivity contribution in [3.63, 3.8) is 0 Å². The number of halogens is 2. The molecule has 1 atom stereocenters. The third kappa shape index (κ3) is 7.29. The van der Waals surface area contributed by atoms with Crippen LogP contribution in [-0.2, 0) is 4.79 Å². The second-order valence-corrected chi connectivity index (χ2v) is 7.26. The van der Waals surface area contributed by atoms with Crippen LogP contribution in [0.3, 0.4) is 0 Å². The first-order chi connectivity index (χ1) is 14.6. The normalized spacial score (nSPS) is 15.6. The Labute approximate surface area is 205 Å². The minimum absolute atomic E-state index is 0. The lowest BCUT2D eigenvalue weighted by Gasteiger charge is -2.20. The van der Waals surface area contributed by atoms with E-state index >= 15 is 0 Å². The number of carbonyl (C=O) groups is 1. The summed E-state index contributed by atoms with van der Waals surface area (Å²) in [4.78, 5) is 23.2. The zero-order valence-electron chi connectivity index (χ0n) is 17.3. The maximum Gasteiger partial charge on any atom is 0.246 e. The molecule has 1 saturated heterocycles. The Morgan fingerprint density at radius 1 is 1.39 bits per heavy atom. The molecule has 1 aromatic heterocycles. The van der Waals surface area contributed by atoms with Gasteiger partial charge in [-0.15, -0.1) is 30.4 Å². The molecule has 0 spiro atoms. The van der Waals surface area contributed by atoms with E-state index in [2.05, 4.69) is 36.7 Å². The monoisotopic (exact) mass is 552 g/mol. The fourth-order valence-corrected chi connectivity index (χ4v) is 3.47. The van der Waals surface area contributed by atoms with Crippen molar-refractivity contribution in [2.24, 2.45) is 4.99 Å². The summed E-state index contributed by atoms with van der Waals surface area (Å²) in [6.45, 7) is 4.28. The van der Waals surface area contributed by atoms with E-state index in [0.29, 0.717) is 28.8 Å². The van der Waals surface area contributed by atoms with Gasteiger partial charge >= 0.3 is 0 Å². The Kier molecular flexibility index (Phi) is 9.88. The van der Waals surface area contributed by atoms with Gasteiger partial charge in [-0.25, -0.2) is 9.98 Å². The number of aromatic nitrogens is 1. The van der Waals surface area contributed by atoms with E-state index in [-0.39, 0.29) is 42.5 Å². The Hall–Kier alpha value is -2.51. The number of terminal acetylenes is 1. The van der Waals surface area contributed by atoms with Gasteiger partial charge in [0.2, 0.25) is 5.91 Å². The van der Waals surface area contributed by atoms with Crippen LogP contribution in [0.4, 0.5) is 11.5 Å². The summed E-state index contributed by atoms with van der Waals surface area (Å²) < 4.78 is 0. The lowest BCUT2D eigenvalue weighted by atomic mass is 10.2. The molecule has 31 heavy (non-hydrogen) atoms. The van der Waals surface area contributed by atoms with Gasteiger partial charge in [-0.1, -0.05) is 23.6 Å². The van der Waals surface area contributed by atoms with Crippen molar-refractivity contribution in [3.8, 4) is 12.3 Å². The quantitative estimate of drug-likeness (QED) is 0.222. The minimum Gasteiger partial charge on any atom is -0.357 e. The zero-order chi connectivity index (χ0) is 21.3. The summed E-state index contributed by atoms with van der Waals surface area (Å²) in [5.74, 6) is 3.73. The Bertz CT molecular complexity index is 961. The molecule has 2 aromatic rings. The molecule has 1 aliphatic rings. The molecule has 1 amide bonds. The van der Waals surface area contributed by atoms with Crippen LogP contribution in [0.15, 0.2) is 47.6 Å². The number of benzene rings is 1. The second-order valence-electron chi connectivity index (χ2n) is 6.85. The van der Waals surface area contributed by atoms with Gasteiger partial charge < -0.3 is 20.9 Å². The van der Waals surface area contributed by atoms with Crippen LogP contribution in [0.5, 0.6) is 0 Å². The number of hydrogen-bond donors (Lipinski definition) is 3. The summed E-state index contributed by atoms with van der Waals surface area (Å²) in [7, 11) is 0. The highest BCUT2D eigenvalue weighted by Gasteiger charge is 2.25. The third-order valence-corrected chi connectivity index (χ3v) is 4.90. The Balaban J connectivity index is 0.00000341. The average molecular weight is 553 g/mol. The molecule has 2 heterocycles. The SMILES string of the molecule is C#Cc1cccc(NC(=O)CN=C(NCC)NC2CCN(c3ncccc3Cl)C2)c1.I. The number of guanidine groups is 1. The van der Waals surface area contributed by atoms with Gasteiger partial charge in [-0.05, 0) is 43.7 Å². The number of rotatable bonds is 6. The Morgan fingerprint density at radius 2 is 2.23 bits per heavy atom. The third-order valence-electron chi connectivity index (χ3n) is 4.61. The molecule has 164 valence electrons. The van der Waals surface area contributed by atoms with Crippen molar-refractivity contribution in [3.05, 3.63) is 53.2 Å². The van der Waals surface area contributed by atoms with Crippen LogP contribution >= 0.6 is 35.6 Å². The molecule has 1 aliphatic heterocycles. The fourth-order valence-electron chi connectivity index (χ4n) is 3.23. The van der Waals surface area contributed by atoms with Gasteiger partial charge in [0.05, 0.1) is 5.02 Å². The number of anilines is 2. The van der Waals surface area contributed by atoms with E-state index in [9.17, 15) is 4.79 Å². The van der Waals surface area contributed by atoms with Crippen molar-refractivity contribution in [2.75, 3.05) is 36.4 Å². The maximum absolute atomic E-state index is 12.3. The number of amides is 1. The van der Waals surface area contributed by atoms with Crippen LogP contribution in [0.2, 0.25) is 5.02 Å². The molecule has 9 heteroatoms. The van der Waals surface area contributed by atoms with E-state index in [4.69, 9.17) is 18.0 Å². The van der Waals surface area contributed by atoms with Crippen LogP contribution in [0.25, 0.3) is 0 Å². The molecule has 0 saturated carbocycles. The highest BCUT2D eigenvalue weighted by atomic mass is 127. The zero-order valence-corrected chi connectivity index (χ0v) is 20.4. The number of hydrogen-bond acceptors (Lipinski definition) is 4. The number of aliphatic imine (C=N–C) groups is 1. The molecular formula is C22H26ClIN6O. The molecule has 1 fully saturated rings. The second kappa shape index (κ2) is 12.4. The molecule has 0 radical (unpaired) electrons. The summed E-state index contributed by atoms with van der Waals surface area (Å²) in [6.07, 6.45) is 8.06. The Morgan fingerprint density at radius 3 is 2.97 bits per heavy atom. The molecular weight excluding hydrogens is 527 g/mol. The molecule has 7 nitrogen and oxygen atoms in total. The van der Waals surface area contributed by atoms with Gasteiger partial charge in [-0.2, -0.15) is 0 Å². The molecule has 3 N–H and O–H groups in total. The molecule has 0 bridgehead atoms. The average Bonchev–Trinajstić information content (AvgIpc) is 3.21. The van der Waals surface area contributed by atoms with Gasteiger partial charge in [0, 0.05) is 43.1 Å². The smallest absolute Gasteiger partial charge is 0.246 e. The van der Waals surface area contributed by atoms with Gasteiger partial charge in [0.1, 0.15) is 12.4 Å². The molecule has 0 aliphatic carbocycles. The highest BCUT2D eigenvalue weighted by molar-refractivity contribution is 14.0. The maximum atomic E-state index is 12.3. The lowest BCUT2D eigenvalue weighted by molar-refractivity contribution is -0.114. The van der Waals surface area contributed by atoms with Crippen molar-refractivity contribution in [2.45, 2.75) is 19.4 Å². The minimum atomic E-state index is -0.213. The van der Waals surface area contributed by atoms with E-state index in [1.807, 2.05) is 25.1 Å². The van der Waals surface area contributed by atoms with Crippen molar-refractivity contribution >= 4 is 58.9 Å². The standard InChI is InChI=1S/C22H25ClN6O.HI/c1-3-16-7-5-8-17(13-16)27-20(30)14-26-22(24-4-2)28-18-10-12-29(15-18)21-19(23)9-6-11-25-21;/h1,5-9,11,13,18H,4,10,12,14-15H2,2H3,(H,27,30)(H2,24,26,28);1H. The topological polar surface area (TPSA) is 81.6 Å². The first kappa shape index (κ1) is 24.8. The highest BCUT2D eigenvalue weighted by Crippen LogP contribution is 2.25. The first-order valence-corrected chi connectivity index (χ1v) is 10.2. The first-order valence-electron chi connectivity index (χ1n) is 9.86. The molecule has 1 aromatic carbocycles. The number of carbonyl (C=O) groups excluding carboxylic acids is 1. The summed E-state index contributed by atoms with van der Waals surface area (Å²) in [5, 5.41) is 10.0. The van der Waals surface area contributed by atoms with Crippen molar-refractivity contribution < 1.29 is 4.79 Å². The van der Waals surface area contributed by atoms with Gasteiger partial charge in [-0.3, -0.25) is 4.79 Å². The number of nitrogens with one attached hydrogen (secondary N) is 3. The van der Waals surface area contributed by atoms with Crippen LogP contribution in [0, 0.1) is 12.3 Å². The summed E-state index contributed by atoms with van der Waals surface area (Å²) in [6, 6.07) is 11.0. The van der Waals surface area contributed by atoms with Gasteiger partial charge in [0.15, 0.2) is 5.96 Å². The predicted molar refractivity (Wildman–Crippen MR) is 137 cm³/mol. The summed E-state index contributed by atoms with van der Waals surface area (Å²) in [5.41, 5.74) is 1.37. The summed E-state index contributed by atoms with van der Waals surface area (Å²) >= 11 is 6.26. The van der Waals surface area contributed by atoms with Gasteiger partial charge in [0.25, 0.3) is 0 Å². The van der Waals surface area contributed by atoms with E-state index < -0.39 is 0 Å². The number of pyridine rings is 1. The molecule has 3 rings (SSSR count). The van der Waals surface area contributed by atoms with Crippen LogP contribution < -0.4 is 20.9 Å². The van der Waals surface area contributed by atoms with Crippen LogP contribution in [-0.4, -0.2) is 49.1 Å². The predicted octanol–water partition coefficient (Wildman–Crippen LogP) is 3.11. The van der Waals surface area contributed by atoms with E-state index in [1.54, 1.807) is 24.4 Å². The van der Waals surface area contributed by atoms with Crippen molar-refractivity contribution in [1.29, 1.82) is 0 Å². The molecule has 1 unspecified atom stereocenters. The lowest BCUT2D eigenvalue weighted by Crippen LogP contribution is -2.45. The van der Waals surface area contributed by atoms with Crippen molar-refractivity contribution in [1.82, 2.24) is 15.6 Å². The fraction of sp³-hybridized carbons (Fsp3) is 0.318. The largest absolute Gasteiger partial charge is 0.357 e. The van der Waals surface area contributed by atoms with E-state index in [0.717, 1.165) is 25.3 Å². The number of nitrogens with zero attached hydrogens (tertiary/aromatic N) is 3. The van der Waals surface area contributed by atoms with E-state index in [1.165, 1.54) is 0 Å². The van der Waals surface area contributed by atoms with Crippen LogP contribution in [0.1, 0.15) is 18.9 Å².